The lowest BCUT2D eigenvalue weighted by Crippen LogP contribution is -2.59. The van der Waals surface area contributed by atoms with E-state index in [4.69, 9.17) is 0 Å². The molecule has 2 fully saturated rings. The molecule has 5 rings (SSSR count). The number of rotatable bonds is 8. The van der Waals surface area contributed by atoms with Gasteiger partial charge in [-0.05, 0) is 51.1 Å². The number of amides is 3. The number of carbonyl (C=O) groups is 3. The first-order valence-corrected chi connectivity index (χ1v) is 14.2. The molecule has 0 radical (unpaired) electrons. The summed E-state index contributed by atoms with van der Waals surface area (Å²) in [6.07, 6.45) is 1.52. The lowest BCUT2D eigenvalue weighted by molar-refractivity contribution is -0.142. The minimum atomic E-state index is -1.19. The summed E-state index contributed by atoms with van der Waals surface area (Å²) in [6.45, 7) is 2.36. The molecule has 41 heavy (non-hydrogen) atoms. The first-order chi connectivity index (χ1) is 19.8. The summed E-state index contributed by atoms with van der Waals surface area (Å²) in [7, 11) is 3.90. The van der Waals surface area contributed by atoms with Gasteiger partial charge in [0.2, 0.25) is 17.7 Å². The van der Waals surface area contributed by atoms with Crippen molar-refractivity contribution in [3.05, 3.63) is 72.4 Å². The lowest BCUT2D eigenvalue weighted by atomic mass is 10.1. The topological polar surface area (TPSA) is 118 Å². The first kappa shape index (κ1) is 28.7. The maximum atomic E-state index is 13.8. The summed E-state index contributed by atoms with van der Waals surface area (Å²) in [5, 5.41) is 17.3. The molecule has 0 saturated carbocycles. The molecular weight excluding hydrogens is 520 g/mol. The van der Waals surface area contributed by atoms with Crippen molar-refractivity contribution in [2.45, 2.75) is 43.5 Å². The molecule has 0 bridgehead atoms. The van der Waals surface area contributed by atoms with Crippen LogP contribution in [-0.2, 0) is 20.8 Å². The van der Waals surface area contributed by atoms with Crippen molar-refractivity contribution in [1.82, 2.24) is 25.0 Å². The van der Waals surface area contributed by atoms with E-state index in [1.807, 2.05) is 79.7 Å². The summed E-state index contributed by atoms with van der Waals surface area (Å²) in [5.41, 5.74) is 2.40. The van der Waals surface area contributed by atoms with Crippen LogP contribution in [0, 0.1) is 0 Å². The Balaban J connectivity index is 1.29. The van der Waals surface area contributed by atoms with Gasteiger partial charge in [0, 0.05) is 37.6 Å². The van der Waals surface area contributed by atoms with Crippen molar-refractivity contribution in [3.8, 4) is 0 Å². The zero-order valence-corrected chi connectivity index (χ0v) is 23.6. The Bertz CT molecular complexity index is 1390. The number of hydrogen-bond acceptors (Lipinski definition) is 7. The van der Waals surface area contributed by atoms with Crippen molar-refractivity contribution in [1.29, 1.82) is 0 Å². The molecule has 0 spiro atoms. The van der Waals surface area contributed by atoms with Gasteiger partial charge in [-0.3, -0.25) is 24.3 Å². The fourth-order valence-electron chi connectivity index (χ4n) is 5.64. The number of aliphatic hydroxyl groups excluding tert-OH is 1. The number of nitrogens with one attached hydrogen (secondary N) is 2. The van der Waals surface area contributed by atoms with E-state index in [-0.39, 0.29) is 31.2 Å². The zero-order chi connectivity index (χ0) is 28.9. The molecule has 2 aromatic carbocycles. The van der Waals surface area contributed by atoms with Crippen LogP contribution < -0.4 is 10.6 Å². The molecule has 2 aliphatic rings. The fraction of sp³-hybridized carbons (Fsp3) is 0.419. The third-order valence-corrected chi connectivity index (χ3v) is 8.08. The average molecular weight is 559 g/mol. The molecule has 216 valence electrons. The molecule has 1 aromatic heterocycles. The quantitative estimate of drug-likeness (QED) is 0.384. The monoisotopic (exact) mass is 558 g/mol. The van der Waals surface area contributed by atoms with Gasteiger partial charge in [0.1, 0.15) is 18.2 Å². The Morgan fingerprint density at radius 3 is 2.56 bits per heavy atom. The van der Waals surface area contributed by atoms with E-state index in [2.05, 4.69) is 20.5 Å². The van der Waals surface area contributed by atoms with Crippen LogP contribution in [0.5, 0.6) is 0 Å². The maximum absolute atomic E-state index is 13.8. The summed E-state index contributed by atoms with van der Waals surface area (Å²) in [4.78, 5) is 50.5. The Morgan fingerprint density at radius 2 is 1.76 bits per heavy atom. The van der Waals surface area contributed by atoms with E-state index < -0.39 is 30.1 Å². The number of aliphatic hydroxyl groups is 1. The van der Waals surface area contributed by atoms with E-state index in [1.54, 1.807) is 11.1 Å². The third-order valence-electron chi connectivity index (χ3n) is 8.08. The molecule has 2 aliphatic heterocycles. The predicted molar refractivity (Wildman–Crippen MR) is 157 cm³/mol. The van der Waals surface area contributed by atoms with Gasteiger partial charge in [-0.2, -0.15) is 0 Å². The minimum Gasteiger partial charge on any atom is -0.383 e. The molecule has 10 nitrogen and oxygen atoms in total. The van der Waals surface area contributed by atoms with Crippen molar-refractivity contribution in [2.75, 3.05) is 45.6 Å². The number of nitrogens with zero attached hydrogens (tertiary/aromatic N) is 4. The highest BCUT2D eigenvalue weighted by atomic mass is 16.3. The van der Waals surface area contributed by atoms with Gasteiger partial charge in [-0.1, -0.05) is 48.5 Å². The van der Waals surface area contributed by atoms with E-state index in [9.17, 15) is 19.5 Å². The fourth-order valence-corrected chi connectivity index (χ4v) is 5.64. The number of anilines is 1. The van der Waals surface area contributed by atoms with Crippen LogP contribution in [0.1, 0.15) is 18.4 Å². The third kappa shape index (κ3) is 6.90. The first-order valence-electron chi connectivity index (χ1n) is 14.2. The van der Waals surface area contributed by atoms with Crippen LogP contribution in [-0.4, -0.2) is 107 Å². The van der Waals surface area contributed by atoms with E-state index >= 15 is 0 Å². The van der Waals surface area contributed by atoms with Crippen molar-refractivity contribution >= 4 is 34.3 Å². The van der Waals surface area contributed by atoms with Crippen LogP contribution in [0.2, 0.25) is 0 Å². The van der Waals surface area contributed by atoms with Gasteiger partial charge in [0.25, 0.3) is 0 Å². The largest absolute Gasteiger partial charge is 0.383 e. The summed E-state index contributed by atoms with van der Waals surface area (Å²) in [6, 6.07) is 17.5. The molecular formula is C31H38N6O4. The molecule has 3 aromatic rings. The molecule has 0 aliphatic carbocycles. The Hall–Kier alpha value is -3.86. The molecule has 3 heterocycles. The van der Waals surface area contributed by atoms with Crippen LogP contribution >= 0.6 is 0 Å². The van der Waals surface area contributed by atoms with Crippen LogP contribution in [0.4, 0.5) is 5.69 Å². The second-order valence-corrected chi connectivity index (χ2v) is 11.2. The molecule has 4 atom stereocenters. The molecule has 3 amide bonds. The second-order valence-electron chi connectivity index (χ2n) is 11.2. The van der Waals surface area contributed by atoms with Crippen molar-refractivity contribution in [3.63, 3.8) is 0 Å². The standard InChI is InChI=1S/C31H38N6O4/c1-35-14-15-36(2)27(20-35)31(41)37-19-24(34-30(40)28(38)13-12-21-8-4-3-5-9-21)17-26(37)29(39)33-23-16-22-10-6-7-11-25(22)32-18-23/h3-11,16,18,24,26-28,38H,12-15,17,19-20H2,1-2H3,(H,33,39)(H,34,40). The van der Waals surface area contributed by atoms with Gasteiger partial charge < -0.3 is 25.5 Å². The van der Waals surface area contributed by atoms with Gasteiger partial charge in [-0.25, -0.2) is 0 Å². The molecule has 3 N–H and O–H groups in total. The number of benzene rings is 2. The summed E-state index contributed by atoms with van der Waals surface area (Å²) >= 11 is 0. The highest BCUT2D eigenvalue weighted by molar-refractivity contribution is 5.99. The number of pyridine rings is 1. The normalized spacial score (nSPS) is 22.4. The molecule has 2 saturated heterocycles. The number of aromatic nitrogens is 1. The van der Waals surface area contributed by atoms with Crippen molar-refractivity contribution < 1.29 is 19.5 Å². The predicted octanol–water partition coefficient (Wildman–Crippen LogP) is 1.50. The average Bonchev–Trinajstić information content (AvgIpc) is 3.41. The molecule has 4 unspecified atom stereocenters. The highest BCUT2D eigenvalue weighted by Gasteiger charge is 2.44. The van der Waals surface area contributed by atoms with E-state index in [0.29, 0.717) is 18.7 Å². The second kappa shape index (κ2) is 12.8. The number of para-hydroxylation sites is 1. The number of piperazine rings is 1. The van der Waals surface area contributed by atoms with Crippen LogP contribution in [0.3, 0.4) is 0 Å². The lowest BCUT2D eigenvalue weighted by Gasteiger charge is -2.39. The SMILES string of the molecule is CN1CCN(C)C(C(=O)N2CC(NC(=O)C(O)CCc3ccccc3)CC2C(=O)Nc2cnc3ccccc3c2)C1. The van der Waals surface area contributed by atoms with Gasteiger partial charge in [0.15, 0.2) is 0 Å². The van der Waals surface area contributed by atoms with Crippen molar-refractivity contribution in [2.24, 2.45) is 0 Å². The van der Waals surface area contributed by atoms with Crippen LogP contribution in [0.15, 0.2) is 66.9 Å². The van der Waals surface area contributed by atoms with Crippen LogP contribution in [0.25, 0.3) is 10.9 Å². The Morgan fingerprint density at radius 1 is 1.00 bits per heavy atom. The van der Waals surface area contributed by atoms with E-state index in [0.717, 1.165) is 29.6 Å². The summed E-state index contributed by atoms with van der Waals surface area (Å²) < 4.78 is 0. The minimum absolute atomic E-state index is 0.141. The number of hydrogen-bond donors (Lipinski definition) is 3. The molecule has 10 heteroatoms. The number of likely N-dealkylation sites (tertiary alicyclic amines) is 1. The number of carbonyl (C=O) groups excluding carboxylic acids is 3. The van der Waals surface area contributed by atoms with Gasteiger partial charge >= 0.3 is 0 Å². The van der Waals surface area contributed by atoms with E-state index in [1.165, 1.54) is 0 Å². The smallest absolute Gasteiger partial charge is 0.249 e. The Labute approximate surface area is 240 Å². The maximum Gasteiger partial charge on any atom is 0.249 e. The number of aryl methyl sites for hydroxylation is 1. The van der Waals surface area contributed by atoms with Gasteiger partial charge in [0.05, 0.1) is 17.4 Å². The summed E-state index contributed by atoms with van der Waals surface area (Å²) in [5.74, 6) is -0.964. The van der Waals surface area contributed by atoms with Gasteiger partial charge in [-0.15, -0.1) is 0 Å². The Kier molecular flexibility index (Phi) is 8.92. The number of fused-ring (bicyclic) bond motifs is 1. The zero-order valence-electron chi connectivity index (χ0n) is 23.6. The highest BCUT2D eigenvalue weighted by Crippen LogP contribution is 2.24. The number of likely N-dealkylation sites (N-methyl/N-ethyl adjacent to an activating group) is 2.